The first kappa shape index (κ1) is 13.6. The number of nitrogens with zero attached hydrogens (tertiary/aromatic N) is 2. The minimum absolute atomic E-state index is 0.0547. The Balaban J connectivity index is 1.99. The van der Waals surface area contributed by atoms with Crippen molar-refractivity contribution in [3.63, 3.8) is 0 Å². The van der Waals surface area contributed by atoms with E-state index in [0.29, 0.717) is 11.7 Å². The summed E-state index contributed by atoms with van der Waals surface area (Å²) in [5, 5.41) is 7.38. The number of nitrogens with one attached hydrogen (secondary N) is 1. The average Bonchev–Trinajstić information content (AvgIpc) is 2.57. The summed E-state index contributed by atoms with van der Waals surface area (Å²) in [5.74, 6) is -0.0547. The molecular weight excluding hydrogens is 294 g/mol. The molecule has 0 atom stereocenters. The maximum atomic E-state index is 12.2. The molecular formula is C13H20BrN3O. The summed E-state index contributed by atoms with van der Waals surface area (Å²) in [6.45, 7) is 2.78. The minimum Gasteiger partial charge on any atom is -0.348 e. The third-order valence-electron chi connectivity index (χ3n) is 3.45. The predicted molar refractivity (Wildman–Crippen MR) is 74.6 cm³/mol. The van der Waals surface area contributed by atoms with Crippen LogP contribution in [-0.4, -0.2) is 21.7 Å². The zero-order chi connectivity index (χ0) is 13.0. The van der Waals surface area contributed by atoms with Crippen LogP contribution in [0.15, 0.2) is 10.7 Å². The molecule has 1 aliphatic rings. The van der Waals surface area contributed by atoms with E-state index in [1.165, 1.54) is 25.7 Å². The van der Waals surface area contributed by atoms with Crippen molar-refractivity contribution in [2.45, 2.75) is 58.0 Å². The van der Waals surface area contributed by atoms with E-state index in [4.69, 9.17) is 0 Å². The van der Waals surface area contributed by atoms with Gasteiger partial charge in [0.1, 0.15) is 0 Å². The number of carbonyl (C=O) groups excluding carboxylic acids is 1. The summed E-state index contributed by atoms with van der Waals surface area (Å²) in [5.41, 5.74) is 0.501. The number of aromatic nitrogens is 2. The van der Waals surface area contributed by atoms with E-state index in [9.17, 15) is 4.79 Å². The third kappa shape index (κ3) is 3.34. The summed E-state index contributed by atoms with van der Waals surface area (Å²) < 4.78 is 2.54. The van der Waals surface area contributed by atoms with Crippen LogP contribution in [-0.2, 0) is 6.54 Å². The molecule has 1 aliphatic carbocycles. The van der Waals surface area contributed by atoms with E-state index in [-0.39, 0.29) is 5.91 Å². The number of rotatable bonds is 3. The molecule has 0 unspecified atom stereocenters. The van der Waals surface area contributed by atoms with Gasteiger partial charge in [-0.2, -0.15) is 5.10 Å². The summed E-state index contributed by atoms with van der Waals surface area (Å²) in [6.07, 6.45) is 9.06. The molecule has 0 radical (unpaired) electrons. The van der Waals surface area contributed by atoms with E-state index in [0.717, 1.165) is 23.9 Å². The van der Waals surface area contributed by atoms with Gasteiger partial charge in [-0.15, -0.1) is 0 Å². The topological polar surface area (TPSA) is 46.9 Å². The Bertz CT molecular complexity index is 408. The smallest absolute Gasteiger partial charge is 0.273 e. The fraction of sp³-hybridized carbons (Fsp3) is 0.692. The Morgan fingerprint density at radius 3 is 2.67 bits per heavy atom. The lowest BCUT2D eigenvalue weighted by molar-refractivity contribution is 0.0926. The molecule has 1 aromatic rings. The highest BCUT2D eigenvalue weighted by Gasteiger charge is 2.19. The minimum atomic E-state index is -0.0547. The number of carbonyl (C=O) groups is 1. The first-order chi connectivity index (χ1) is 8.70. The van der Waals surface area contributed by atoms with Crippen LogP contribution >= 0.6 is 15.9 Å². The van der Waals surface area contributed by atoms with Crippen LogP contribution < -0.4 is 5.32 Å². The predicted octanol–water partition coefficient (Wildman–Crippen LogP) is 3.12. The zero-order valence-corrected chi connectivity index (χ0v) is 12.4. The van der Waals surface area contributed by atoms with Crippen LogP contribution in [0, 0.1) is 0 Å². The van der Waals surface area contributed by atoms with Crippen LogP contribution in [0.25, 0.3) is 0 Å². The van der Waals surface area contributed by atoms with Crippen molar-refractivity contribution in [2.75, 3.05) is 0 Å². The van der Waals surface area contributed by atoms with Gasteiger partial charge in [0.15, 0.2) is 5.69 Å². The van der Waals surface area contributed by atoms with Crippen molar-refractivity contribution in [1.82, 2.24) is 15.1 Å². The molecule has 1 fully saturated rings. The van der Waals surface area contributed by atoms with Crippen molar-refractivity contribution in [3.05, 3.63) is 16.4 Å². The van der Waals surface area contributed by atoms with Crippen molar-refractivity contribution in [2.24, 2.45) is 0 Å². The molecule has 4 nitrogen and oxygen atoms in total. The van der Waals surface area contributed by atoms with Crippen LogP contribution in [0.5, 0.6) is 0 Å². The van der Waals surface area contributed by atoms with Crippen LogP contribution in [0.1, 0.15) is 55.9 Å². The molecule has 0 aliphatic heterocycles. The molecule has 0 saturated heterocycles. The summed E-state index contributed by atoms with van der Waals surface area (Å²) in [4.78, 5) is 12.2. The molecule has 18 heavy (non-hydrogen) atoms. The monoisotopic (exact) mass is 313 g/mol. The fourth-order valence-electron chi connectivity index (χ4n) is 2.39. The lowest BCUT2D eigenvalue weighted by atomic mass is 10.1. The van der Waals surface area contributed by atoms with Gasteiger partial charge in [0.2, 0.25) is 0 Å². The lowest BCUT2D eigenvalue weighted by Crippen LogP contribution is -2.34. The number of halogens is 1. The summed E-state index contributed by atoms with van der Waals surface area (Å²) >= 11 is 3.39. The van der Waals surface area contributed by atoms with Crippen molar-refractivity contribution in [1.29, 1.82) is 0 Å². The molecule has 2 rings (SSSR count). The van der Waals surface area contributed by atoms with Gasteiger partial charge in [0, 0.05) is 18.8 Å². The first-order valence-corrected chi connectivity index (χ1v) is 7.54. The van der Waals surface area contributed by atoms with Gasteiger partial charge in [0.25, 0.3) is 5.91 Å². The highest BCUT2D eigenvalue weighted by molar-refractivity contribution is 9.10. The van der Waals surface area contributed by atoms with Crippen molar-refractivity contribution < 1.29 is 4.79 Å². The molecule has 100 valence electrons. The summed E-state index contributed by atoms with van der Waals surface area (Å²) in [6, 6.07) is 0.318. The van der Waals surface area contributed by atoms with Gasteiger partial charge >= 0.3 is 0 Å². The van der Waals surface area contributed by atoms with Crippen LogP contribution in [0.2, 0.25) is 0 Å². The fourth-order valence-corrected chi connectivity index (χ4v) is 2.89. The number of hydrogen-bond acceptors (Lipinski definition) is 2. The van der Waals surface area contributed by atoms with Crippen LogP contribution in [0.3, 0.4) is 0 Å². The molecule has 5 heteroatoms. The SMILES string of the molecule is CCn1cc(Br)c(C(=O)NC2CCCCCC2)n1. The van der Waals surface area contributed by atoms with Gasteiger partial charge in [0.05, 0.1) is 4.47 Å². The summed E-state index contributed by atoms with van der Waals surface area (Å²) in [7, 11) is 0. The lowest BCUT2D eigenvalue weighted by Gasteiger charge is -2.15. The van der Waals surface area contributed by atoms with E-state index in [1.54, 1.807) is 4.68 Å². The van der Waals surface area contributed by atoms with Gasteiger partial charge < -0.3 is 5.32 Å². The highest BCUT2D eigenvalue weighted by Crippen LogP contribution is 2.19. The second-order valence-electron chi connectivity index (χ2n) is 4.84. The Morgan fingerprint density at radius 2 is 2.11 bits per heavy atom. The Hall–Kier alpha value is -0.840. The van der Waals surface area contributed by atoms with Crippen molar-refractivity contribution in [3.8, 4) is 0 Å². The quantitative estimate of drug-likeness (QED) is 0.871. The van der Waals surface area contributed by atoms with Crippen LogP contribution in [0.4, 0.5) is 0 Å². The van der Waals surface area contributed by atoms with Gasteiger partial charge in [-0.25, -0.2) is 0 Å². The number of aryl methyl sites for hydroxylation is 1. The Morgan fingerprint density at radius 1 is 1.44 bits per heavy atom. The second-order valence-corrected chi connectivity index (χ2v) is 5.70. The molecule has 0 aromatic carbocycles. The van der Waals surface area contributed by atoms with Gasteiger partial charge in [-0.3, -0.25) is 9.48 Å². The molecule has 1 aromatic heterocycles. The van der Waals surface area contributed by atoms with E-state index in [1.807, 2.05) is 13.1 Å². The highest BCUT2D eigenvalue weighted by atomic mass is 79.9. The molecule has 0 spiro atoms. The molecule has 1 saturated carbocycles. The zero-order valence-electron chi connectivity index (χ0n) is 10.8. The second kappa shape index (κ2) is 6.36. The first-order valence-electron chi connectivity index (χ1n) is 6.74. The number of amides is 1. The average molecular weight is 314 g/mol. The van der Waals surface area contributed by atoms with Crippen molar-refractivity contribution >= 4 is 21.8 Å². The normalized spacial score (nSPS) is 17.4. The third-order valence-corrected chi connectivity index (χ3v) is 4.03. The Kier molecular flexibility index (Phi) is 4.80. The molecule has 1 amide bonds. The standard InChI is InChI=1S/C13H20BrN3O/c1-2-17-9-11(14)12(16-17)13(18)15-10-7-5-3-4-6-8-10/h9-10H,2-8H2,1H3,(H,15,18). The van der Waals surface area contributed by atoms with E-state index >= 15 is 0 Å². The molecule has 1 heterocycles. The largest absolute Gasteiger partial charge is 0.348 e. The number of hydrogen-bond donors (Lipinski definition) is 1. The molecule has 1 N–H and O–H groups in total. The van der Waals surface area contributed by atoms with Gasteiger partial charge in [-0.05, 0) is 35.7 Å². The van der Waals surface area contributed by atoms with Gasteiger partial charge in [-0.1, -0.05) is 25.7 Å². The Labute approximate surface area is 116 Å². The van der Waals surface area contributed by atoms with E-state index < -0.39 is 0 Å². The molecule has 0 bridgehead atoms. The van der Waals surface area contributed by atoms with E-state index in [2.05, 4.69) is 26.3 Å². The maximum absolute atomic E-state index is 12.2. The maximum Gasteiger partial charge on any atom is 0.273 e.